The van der Waals surface area contributed by atoms with Crippen LogP contribution in [0.1, 0.15) is 11.1 Å². The molecule has 0 saturated heterocycles. The molecule has 0 bridgehead atoms. The van der Waals surface area contributed by atoms with Gasteiger partial charge in [-0.15, -0.1) is 0 Å². The first-order chi connectivity index (χ1) is 12.4. The highest BCUT2D eigenvalue weighted by molar-refractivity contribution is 6.07. The van der Waals surface area contributed by atoms with Gasteiger partial charge in [-0.05, 0) is 73.1 Å². The van der Waals surface area contributed by atoms with Gasteiger partial charge in [0, 0.05) is 0 Å². The monoisotopic (exact) mass is 316 g/mol. The summed E-state index contributed by atoms with van der Waals surface area (Å²) in [5, 5.41) is 8.08. The molecule has 116 valence electrons. The van der Waals surface area contributed by atoms with Crippen LogP contribution in [-0.4, -0.2) is 0 Å². The van der Waals surface area contributed by atoms with E-state index in [0.717, 1.165) is 6.42 Å². The fourth-order valence-corrected chi connectivity index (χ4v) is 4.47. The molecule has 0 fully saturated rings. The Morgan fingerprint density at radius 1 is 0.520 bits per heavy atom. The summed E-state index contributed by atoms with van der Waals surface area (Å²) in [6.45, 7) is 0. The second-order valence-electron chi connectivity index (χ2n) is 7.01. The zero-order valence-corrected chi connectivity index (χ0v) is 13.8. The van der Waals surface area contributed by atoms with E-state index in [1.165, 1.54) is 54.6 Å². The van der Waals surface area contributed by atoms with Gasteiger partial charge in [0.15, 0.2) is 0 Å². The smallest absolute Gasteiger partial charge is 0.000705 e. The molecule has 0 spiro atoms. The second kappa shape index (κ2) is 4.70. The Morgan fingerprint density at radius 2 is 1.24 bits per heavy atom. The minimum Gasteiger partial charge on any atom is -0.0616 e. The maximum atomic E-state index is 2.37. The summed E-state index contributed by atoms with van der Waals surface area (Å²) < 4.78 is 0. The lowest BCUT2D eigenvalue weighted by Gasteiger charge is -2.09. The van der Waals surface area contributed by atoms with Crippen molar-refractivity contribution in [1.82, 2.24) is 0 Å². The average Bonchev–Trinajstić information content (AvgIpc) is 3.06. The Bertz CT molecular complexity index is 1310. The number of fused-ring (bicyclic) bond motifs is 8. The van der Waals surface area contributed by atoms with Gasteiger partial charge in [-0.25, -0.2) is 0 Å². The Kier molecular flexibility index (Phi) is 2.48. The van der Waals surface area contributed by atoms with Crippen LogP contribution in [0.5, 0.6) is 0 Å². The molecule has 25 heavy (non-hydrogen) atoms. The molecule has 0 nitrogen and oxygen atoms in total. The first-order valence-corrected chi connectivity index (χ1v) is 8.84. The van der Waals surface area contributed by atoms with Gasteiger partial charge < -0.3 is 0 Å². The summed E-state index contributed by atoms with van der Waals surface area (Å²) in [5.74, 6) is 0. The average molecular weight is 316 g/mol. The van der Waals surface area contributed by atoms with Crippen LogP contribution >= 0.6 is 0 Å². The van der Waals surface area contributed by atoms with Crippen LogP contribution in [0.15, 0.2) is 84.9 Å². The van der Waals surface area contributed by atoms with E-state index in [4.69, 9.17) is 0 Å². The highest BCUT2D eigenvalue weighted by Gasteiger charge is 2.22. The molecule has 6 rings (SSSR count). The zero-order valence-electron chi connectivity index (χ0n) is 13.8. The lowest BCUT2D eigenvalue weighted by atomic mass is 9.95. The minimum absolute atomic E-state index is 1.03. The first-order valence-electron chi connectivity index (χ1n) is 8.84. The molecule has 0 aliphatic heterocycles. The predicted molar refractivity (Wildman–Crippen MR) is 107 cm³/mol. The van der Waals surface area contributed by atoms with E-state index >= 15 is 0 Å². The molecule has 5 aromatic rings. The van der Waals surface area contributed by atoms with Crippen LogP contribution in [0.2, 0.25) is 0 Å². The largest absolute Gasteiger partial charge is 0.0616 e. The molecule has 0 heterocycles. The maximum Gasteiger partial charge on any atom is -0.000705 e. The molecule has 5 aromatic carbocycles. The van der Waals surface area contributed by atoms with Crippen molar-refractivity contribution in [3.8, 4) is 11.1 Å². The molecule has 0 saturated carbocycles. The third-order valence-electron chi connectivity index (χ3n) is 5.65. The highest BCUT2D eigenvalue weighted by atomic mass is 14.3. The molecule has 0 atom stereocenters. The van der Waals surface area contributed by atoms with E-state index in [0.29, 0.717) is 0 Å². The SMILES string of the molecule is c1ccc2cc3c4c(ccc3cc2c1)-c1c(ccc2ccccc12)C4. The fourth-order valence-electron chi connectivity index (χ4n) is 4.47. The van der Waals surface area contributed by atoms with Crippen LogP contribution in [0.3, 0.4) is 0 Å². The molecule has 0 unspecified atom stereocenters. The molecule has 0 N–H and O–H groups in total. The summed E-state index contributed by atoms with van der Waals surface area (Å²) in [6.07, 6.45) is 1.03. The minimum atomic E-state index is 1.03. The van der Waals surface area contributed by atoms with E-state index in [1.807, 2.05) is 0 Å². The standard InChI is InChI=1S/C25H16/c1-2-7-18-14-23-19(13-17(18)6-1)11-12-22-24(23)15-20-10-9-16-5-3-4-8-21(16)25(20)22/h1-14H,15H2. The zero-order chi connectivity index (χ0) is 16.4. The third kappa shape index (κ3) is 1.77. The Balaban J connectivity index is 1.73. The van der Waals surface area contributed by atoms with Gasteiger partial charge in [-0.2, -0.15) is 0 Å². The Morgan fingerprint density at radius 3 is 2.12 bits per heavy atom. The molecular weight excluding hydrogens is 300 g/mol. The molecule has 0 aromatic heterocycles. The molecule has 0 amide bonds. The predicted octanol–water partition coefficient (Wildman–Crippen LogP) is 6.72. The van der Waals surface area contributed by atoms with Crippen molar-refractivity contribution in [1.29, 1.82) is 0 Å². The van der Waals surface area contributed by atoms with Crippen molar-refractivity contribution in [3.63, 3.8) is 0 Å². The maximum absolute atomic E-state index is 2.37. The summed E-state index contributed by atoms with van der Waals surface area (Å²) >= 11 is 0. The van der Waals surface area contributed by atoms with Crippen molar-refractivity contribution in [3.05, 3.63) is 96.1 Å². The van der Waals surface area contributed by atoms with Crippen LogP contribution < -0.4 is 0 Å². The number of hydrogen-bond acceptors (Lipinski definition) is 0. The molecule has 1 aliphatic carbocycles. The van der Waals surface area contributed by atoms with Crippen LogP contribution in [0.25, 0.3) is 43.4 Å². The van der Waals surface area contributed by atoms with Crippen molar-refractivity contribution in [2.24, 2.45) is 0 Å². The highest BCUT2D eigenvalue weighted by Crippen LogP contribution is 2.44. The summed E-state index contributed by atoms with van der Waals surface area (Å²) in [5.41, 5.74) is 5.78. The normalized spacial score (nSPS) is 12.6. The third-order valence-corrected chi connectivity index (χ3v) is 5.65. The van der Waals surface area contributed by atoms with E-state index in [9.17, 15) is 0 Å². The Hall–Kier alpha value is -3.12. The lowest BCUT2D eigenvalue weighted by molar-refractivity contribution is 1.29. The summed E-state index contributed by atoms with van der Waals surface area (Å²) in [6, 6.07) is 31.3. The van der Waals surface area contributed by atoms with Crippen LogP contribution in [0, 0.1) is 0 Å². The van der Waals surface area contributed by atoms with Gasteiger partial charge in [0.1, 0.15) is 0 Å². The fraction of sp³-hybridized carbons (Fsp3) is 0.0400. The molecular formula is C25H16. The van der Waals surface area contributed by atoms with Gasteiger partial charge in [-0.1, -0.05) is 72.8 Å². The van der Waals surface area contributed by atoms with E-state index in [-0.39, 0.29) is 0 Å². The topological polar surface area (TPSA) is 0 Å². The van der Waals surface area contributed by atoms with Gasteiger partial charge >= 0.3 is 0 Å². The van der Waals surface area contributed by atoms with Gasteiger partial charge in [0.25, 0.3) is 0 Å². The van der Waals surface area contributed by atoms with Crippen molar-refractivity contribution in [2.45, 2.75) is 6.42 Å². The Labute approximate surface area is 146 Å². The van der Waals surface area contributed by atoms with Gasteiger partial charge in [0.05, 0.1) is 0 Å². The number of benzene rings is 5. The molecule has 0 heteroatoms. The molecule has 0 radical (unpaired) electrons. The second-order valence-corrected chi connectivity index (χ2v) is 7.01. The van der Waals surface area contributed by atoms with Crippen molar-refractivity contribution >= 4 is 32.3 Å². The lowest BCUT2D eigenvalue weighted by Crippen LogP contribution is -1.85. The van der Waals surface area contributed by atoms with Crippen molar-refractivity contribution in [2.75, 3.05) is 0 Å². The van der Waals surface area contributed by atoms with E-state index < -0.39 is 0 Å². The van der Waals surface area contributed by atoms with Crippen LogP contribution in [0.4, 0.5) is 0 Å². The first kappa shape index (κ1) is 13.2. The summed E-state index contributed by atoms with van der Waals surface area (Å²) in [7, 11) is 0. The van der Waals surface area contributed by atoms with E-state index in [2.05, 4.69) is 84.9 Å². The number of rotatable bonds is 0. The van der Waals surface area contributed by atoms with E-state index in [1.54, 1.807) is 0 Å². The number of hydrogen-bond donors (Lipinski definition) is 0. The molecule has 1 aliphatic rings. The van der Waals surface area contributed by atoms with Crippen molar-refractivity contribution < 1.29 is 0 Å². The quantitative estimate of drug-likeness (QED) is 0.273. The van der Waals surface area contributed by atoms with Gasteiger partial charge in [-0.3, -0.25) is 0 Å². The van der Waals surface area contributed by atoms with Crippen LogP contribution in [-0.2, 0) is 6.42 Å². The summed E-state index contributed by atoms with van der Waals surface area (Å²) in [4.78, 5) is 0. The van der Waals surface area contributed by atoms with Gasteiger partial charge in [0.2, 0.25) is 0 Å².